The van der Waals surface area contributed by atoms with Crippen molar-refractivity contribution >= 4 is 17.3 Å². The minimum absolute atomic E-state index is 0.364. The molecule has 1 heterocycles. The van der Waals surface area contributed by atoms with E-state index in [4.69, 9.17) is 9.47 Å². The molecule has 0 unspecified atom stereocenters. The van der Waals surface area contributed by atoms with Crippen molar-refractivity contribution in [3.05, 3.63) is 35.0 Å². The lowest BCUT2D eigenvalue weighted by Gasteiger charge is -2.10. The highest BCUT2D eigenvalue weighted by molar-refractivity contribution is 7.15. The van der Waals surface area contributed by atoms with Crippen LogP contribution < -0.4 is 4.74 Å². The standard InChI is InChI=1S/C18H24N2O3S/c1-13-19-16(18(21)22-4)17(24-13)14-8-7-9-15(12-14)23-11-6-5-10-20(2)3/h7-9,12H,5-6,10-11H2,1-4H3. The van der Waals surface area contributed by atoms with E-state index in [1.165, 1.54) is 18.4 Å². The third-order valence-electron chi connectivity index (χ3n) is 3.48. The van der Waals surface area contributed by atoms with Crippen LogP contribution in [-0.2, 0) is 4.74 Å². The fourth-order valence-corrected chi connectivity index (χ4v) is 3.21. The van der Waals surface area contributed by atoms with Crippen LogP contribution in [0.3, 0.4) is 0 Å². The summed E-state index contributed by atoms with van der Waals surface area (Å²) in [4.78, 5) is 19.2. The number of hydrogen-bond donors (Lipinski definition) is 0. The first-order chi connectivity index (χ1) is 11.5. The highest BCUT2D eigenvalue weighted by atomic mass is 32.1. The maximum absolute atomic E-state index is 11.9. The Labute approximate surface area is 147 Å². The molecule has 5 nitrogen and oxygen atoms in total. The summed E-state index contributed by atoms with van der Waals surface area (Å²) in [5, 5.41) is 0.834. The number of nitrogens with zero attached hydrogens (tertiary/aromatic N) is 2. The van der Waals surface area contributed by atoms with Gasteiger partial charge in [-0.15, -0.1) is 11.3 Å². The molecule has 6 heteroatoms. The number of aromatic nitrogens is 1. The topological polar surface area (TPSA) is 51.7 Å². The molecule has 2 rings (SSSR count). The molecule has 0 aliphatic heterocycles. The second-order valence-electron chi connectivity index (χ2n) is 5.79. The van der Waals surface area contributed by atoms with Gasteiger partial charge in [-0.25, -0.2) is 9.78 Å². The summed E-state index contributed by atoms with van der Waals surface area (Å²) in [6.07, 6.45) is 2.11. The number of rotatable bonds is 8. The summed E-state index contributed by atoms with van der Waals surface area (Å²) >= 11 is 1.48. The van der Waals surface area contributed by atoms with Gasteiger partial charge >= 0.3 is 5.97 Å². The maximum atomic E-state index is 11.9. The highest BCUT2D eigenvalue weighted by Gasteiger charge is 2.19. The number of unbranched alkanes of at least 4 members (excludes halogenated alkanes) is 1. The van der Waals surface area contributed by atoms with Crippen LogP contribution in [0.5, 0.6) is 5.75 Å². The lowest BCUT2D eigenvalue weighted by molar-refractivity contribution is 0.0595. The van der Waals surface area contributed by atoms with Crippen molar-refractivity contribution in [2.75, 3.05) is 34.4 Å². The molecule has 0 N–H and O–H groups in total. The first kappa shape index (κ1) is 18.4. The molecule has 0 atom stereocenters. The van der Waals surface area contributed by atoms with Crippen LogP contribution in [0.1, 0.15) is 28.3 Å². The van der Waals surface area contributed by atoms with Crippen molar-refractivity contribution in [1.29, 1.82) is 0 Å². The minimum Gasteiger partial charge on any atom is -0.494 e. The molecule has 1 aromatic heterocycles. The van der Waals surface area contributed by atoms with Gasteiger partial charge in [0.1, 0.15) is 5.75 Å². The molecular weight excluding hydrogens is 324 g/mol. The summed E-state index contributed by atoms with van der Waals surface area (Å²) in [7, 11) is 5.51. The fraction of sp³-hybridized carbons (Fsp3) is 0.444. The Balaban J connectivity index is 2.06. The number of ether oxygens (including phenoxy) is 2. The number of thiazole rings is 1. The first-order valence-electron chi connectivity index (χ1n) is 7.95. The first-order valence-corrected chi connectivity index (χ1v) is 8.76. The molecular formula is C18H24N2O3S. The second-order valence-corrected chi connectivity index (χ2v) is 6.99. The van der Waals surface area contributed by atoms with Gasteiger partial charge < -0.3 is 14.4 Å². The summed E-state index contributed by atoms with van der Waals surface area (Å²) < 4.78 is 10.7. The molecule has 0 radical (unpaired) electrons. The smallest absolute Gasteiger partial charge is 0.358 e. The van der Waals surface area contributed by atoms with Crippen molar-refractivity contribution in [2.24, 2.45) is 0 Å². The second kappa shape index (κ2) is 8.80. The number of hydrogen-bond acceptors (Lipinski definition) is 6. The van der Waals surface area contributed by atoms with Crippen LogP contribution in [0.4, 0.5) is 0 Å². The van der Waals surface area contributed by atoms with Crippen molar-refractivity contribution in [2.45, 2.75) is 19.8 Å². The third-order valence-corrected chi connectivity index (χ3v) is 4.50. The number of aryl methyl sites for hydroxylation is 1. The molecule has 0 spiro atoms. The Morgan fingerprint density at radius 2 is 2.08 bits per heavy atom. The third kappa shape index (κ3) is 5.04. The van der Waals surface area contributed by atoms with Gasteiger partial charge in [0.05, 0.1) is 23.6 Å². The Hall–Kier alpha value is -1.92. The largest absolute Gasteiger partial charge is 0.494 e. The molecule has 0 aliphatic carbocycles. The van der Waals surface area contributed by atoms with E-state index < -0.39 is 5.97 Å². The van der Waals surface area contributed by atoms with Crippen LogP contribution in [0.2, 0.25) is 0 Å². The van der Waals surface area contributed by atoms with E-state index in [0.29, 0.717) is 12.3 Å². The summed E-state index contributed by atoms with van der Waals surface area (Å²) in [6.45, 7) is 3.63. The molecule has 0 fully saturated rings. The summed E-state index contributed by atoms with van der Waals surface area (Å²) in [5.74, 6) is 0.392. The van der Waals surface area contributed by atoms with Crippen LogP contribution in [-0.4, -0.2) is 50.2 Å². The Kier molecular flexibility index (Phi) is 6.75. The Bertz CT molecular complexity index is 683. The monoisotopic (exact) mass is 348 g/mol. The lowest BCUT2D eigenvalue weighted by Crippen LogP contribution is -2.13. The van der Waals surface area contributed by atoms with E-state index in [0.717, 1.165) is 40.6 Å². The van der Waals surface area contributed by atoms with Gasteiger partial charge in [-0.1, -0.05) is 12.1 Å². The summed E-state index contributed by atoms with van der Waals surface area (Å²) in [5.41, 5.74) is 1.29. The summed E-state index contributed by atoms with van der Waals surface area (Å²) in [6, 6.07) is 7.77. The van der Waals surface area contributed by atoms with Gasteiger partial charge in [-0.05, 0) is 58.1 Å². The molecule has 0 amide bonds. The van der Waals surface area contributed by atoms with E-state index in [1.807, 2.05) is 31.2 Å². The molecule has 1 aromatic carbocycles. The van der Waals surface area contributed by atoms with Crippen molar-refractivity contribution in [3.8, 4) is 16.2 Å². The van der Waals surface area contributed by atoms with E-state index in [2.05, 4.69) is 24.0 Å². The predicted molar refractivity (Wildman–Crippen MR) is 96.9 cm³/mol. The fourth-order valence-electron chi connectivity index (χ4n) is 2.30. The molecule has 2 aromatic rings. The van der Waals surface area contributed by atoms with E-state index in [9.17, 15) is 4.79 Å². The Morgan fingerprint density at radius 3 is 2.79 bits per heavy atom. The van der Waals surface area contributed by atoms with Gasteiger partial charge in [0.2, 0.25) is 0 Å². The van der Waals surface area contributed by atoms with Crippen LogP contribution in [0.25, 0.3) is 10.4 Å². The molecule has 0 saturated heterocycles. The maximum Gasteiger partial charge on any atom is 0.358 e. The van der Waals surface area contributed by atoms with Crippen LogP contribution in [0, 0.1) is 6.92 Å². The van der Waals surface area contributed by atoms with Gasteiger partial charge in [-0.2, -0.15) is 0 Å². The molecule has 0 saturated carbocycles. The van der Waals surface area contributed by atoms with Crippen molar-refractivity contribution in [3.63, 3.8) is 0 Å². The Morgan fingerprint density at radius 1 is 1.29 bits per heavy atom. The average molecular weight is 348 g/mol. The lowest BCUT2D eigenvalue weighted by atomic mass is 10.1. The normalized spacial score (nSPS) is 10.9. The number of esters is 1. The van der Waals surface area contributed by atoms with Gasteiger partial charge in [0.25, 0.3) is 0 Å². The van der Waals surface area contributed by atoms with Gasteiger partial charge in [0.15, 0.2) is 5.69 Å². The van der Waals surface area contributed by atoms with Gasteiger partial charge in [-0.3, -0.25) is 0 Å². The van der Waals surface area contributed by atoms with Crippen molar-refractivity contribution < 1.29 is 14.3 Å². The van der Waals surface area contributed by atoms with E-state index in [-0.39, 0.29) is 0 Å². The SMILES string of the molecule is COC(=O)c1nc(C)sc1-c1cccc(OCCCCN(C)C)c1. The van der Waals surface area contributed by atoms with Crippen LogP contribution >= 0.6 is 11.3 Å². The number of carbonyl (C=O) groups is 1. The molecule has 24 heavy (non-hydrogen) atoms. The minimum atomic E-state index is -0.413. The number of carbonyl (C=O) groups excluding carboxylic acids is 1. The zero-order valence-electron chi connectivity index (χ0n) is 14.7. The molecule has 0 aliphatic rings. The highest BCUT2D eigenvalue weighted by Crippen LogP contribution is 2.32. The van der Waals surface area contributed by atoms with Crippen molar-refractivity contribution in [1.82, 2.24) is 9.88 Å². The number of methoxy groups -OCH3 is 1. The number of benzene rings is 1. The quantitative estimate of drug-likeness (QED) is 0.539. The molecule has 0 bridgehead atoms. The van der Waals surface area contributed by atoms with E-state index in [1.54, 1.807) is 0 Å². The average Bonchev–Trinajstić information content (AvgIpc) is 2.96. The van der Waals surface area contributed by atoms with Crippen LogP contribution in [0.15, 0.2) is 24.3 Å². The zero-order valence-corrected chi connectivity index (χ0v) is 15.5. The predicted octanol–water partition coefficient (Wildman–Crippen LogP) is 3.63. The van der Waals surface area contributed by atoms with E-state index >= 15 is 0 Å². The van der Waals surface area contributed by atoms with Gasteiger partial charge in [0, 0.05) is 0 Å². The zero-order chi connectivity index (χ0) is 17.5. The molecule has 130 valence electrons.